The first-order valence-corrected chi connectivity index (χ1v) is 6.06. The Kier molecular flexibility index (Phi) is 3.91. The van der Waals surface area contributed by atoms with E-state index in [0.717, 1.165) is 25.5 Å². The van der Waals surface area contributed by atoms with Crippen LogP contribution in [0.2, 0.25) is 0 Å². The molecule has 2 N–H and O–H groups in total. The molecular weight excluding hydrogens is 238 g/mol. The predicted molar refractivity (Wildman–Crippen MR) is 65.4 cm³/mol. The lowest BCUT2D eigenvalue weighted by atomic mass is 10.1. The molecule has 18 heavy (non-hydrogen) atoms. The zero-order chi connectivity index (χ0) is 13.1. The molecule has 5 heteroatoms. The molecule has 3 nitrogen and oxygen atoms in total. The number of carbonyl (C=O) groups excluding carboxylic acids is 1. The Morgan fingerprint density at radius 1 is 1.50 bits per heavy atom. The summed E-state index contributed by atoms with van der Waals surface area (Å²) in [6.45, 7) is 2.42. The van der Waals surface area contributed by atoms with Gasteiger partial charge < -0.3 is 10.6 Å². The zero-order valence-corrected chi connectivity index (χ0v) is 10.2. The predicted octanol–water partition coefficient (Wildman–Crippen LogP) is 2.35. The summed E-state index contributed by atoms with van der Waals surface area (Å²) >= 11 is 0. The number of hydrogen-bond acceptors (Lipinski definition) is 2. The van der Waals surface area contributed by atoms with E-state index in [-0.39, 0.29) is 24.1 Å². The number of amides is 1. The van der Waals surface area contributed by atoms with Crippen LogP contribution in [0.15, 0.2) is 12.1 Å². The fourth-order valence-electron chi connectivity index (χ4n) is 2.12. The van der Waals surface area contributed by atoms with E-state index in [4.69, 9.17) is 0 Å². The van der Waals surface area contributed by atoms with Crippen molar-refractivity contribution in [3.05, 3.63) is 29.3 Å². The third-order valence-electron chi connectivity index (χ3n) is 3.14. The Hall–Kier alpha value is -1.49. The van der Waals surface area contributed by atoms with Crippen LogP contribution in [0.3, 0.4) is 0 Å². The van der Waals surface area contributed by atoms with Gasteiger partial charge in [0.25, 0.3) is 0 Å². The third-order valence-corrected chi connectivity index (χ3v) is 3.14. The number of rotatable bonds is 3. The lowest BCUT2D eigenvalue weighted by Gasteiger charge is -2.12. The van der Waals surface area contributed by atoms with Gasteiger partial charge in [0.1, 0.15) is 11.5 Å². The average molecular weight is 254 g/mol. The van der Waals surface area contributed by atoms with Crippen LogP contribution >= 0.6 is 0 Å². The van der Waals surface area contributed by atoms with E-state index in [2.05, 4.69) is 10.6 Å². The highest BCUT2D eigenvalue weighted by atomic mass is 19.1. The second kappa shape index (κ2) is 5.44. The lowest BCUT2D eigenvalue weighted by Crippen LogP contribution is -2.28. The standard InChI is InChI=1S/C13H16F2N2O/c1-8-4-5-10(14)13(12(8)15)17-11(18)7-9-3-2-6-16-9/h4-5,9,16H,2-3,6-7H2,1H3,(H,17,18). The highest BCUT2D eigenvalue weighted by molar-refractivity contribution is 5.91. The molecule has 1 aliphatic rings. The summed E-state index contributed by atoms with van der Waals surface area (Å²) in [5.41, 5.74) is -0.0383. The van der Waals surface area contributed by atoms with Crippen molar-refractivity contribution in [2.75, 3.05) is 11.9 Å². The van der Waals surface area contributed by atoms with E-state index in [0.29, 0.717) is 5.56 Å². The monoisotopic (exact) mass is 254 g/mol. The topological polar surface area (TPSA) is 41.1 Å². The maximum absolute atomic E-state index is 13.7. The van der Waals surface area contributed by atoms with Crippen molar-refractivity contribution in [2.24, 2.45) is 0 Å². The van der Waals surface area contributed by atoms with Crippen LogP contribution in [-0.2, 0) is 4.79 Å². The number of benzene rings is 1. The molecular formula is C13H16F2N2O. The van der Waals surface area contributed by atoms with Gasteiger partial charge in [0, 0.05) is 12.5 Å². The smallest absolute Gasteiger partial charge is 0.226 e. The van der Waals surface area contributed by atoms with Gasteiger partial charge >= 0.3 is 0 Å². The van der Waals surface area contributed by atoms with Crippen molar-refractivity contribution in [3.8, 4) is 0 Å². The molecule has 1 aliphatic heterocycles. The van der Waals surface area contributed by atoms with Gasteiger partial charge in [0.05, 0.1) is 0 Å². The van der Waals surface area contributed by atoms with Crippen molar-refractivity contribution < 1.29 is 13.6 Å². The van der Waals surface area contributed by atoms with Crippen LogP contribution in [0, 0.1) is 18.6 Å². The summed E-state index contributed by atoms with van der Waals surface area (Å²) in [7, 11) is 0. The molecule has 1 atom stereocenters. The molecule has 2 rings (SSSR count). The summed E-state index contributed by atoms with van der Waals surface area (Å²) in [6, 6.07) is 2.61. The van der Waals surface area contributed by atoms with Crippen molar-refractivity contribution in [1.82, 2.24) is 5.32 Å². The molecule has 0 aliphatic carbocycles. The quantitative estimate of drug-likeness (QED) is 0.869. The van der Waals surface area contributed by atoms with Crippen molar-refractivity contribution in [3.63, 3.8) is 0 Å². The molecule has 1 amide bonds. The van der Waals surface area contributed by atoms with Crippen LogP contribution in [0.25, 0.3) is 0 Å². The Morgan fingerprint density at radius 3 is 2.94 bits per heavy atom. The number of nitrogens with one attached hydrogen (secondary N) is 2. The number of halogens is 2. The Balaban J connectivity index is 2.04. The second-order valence-corrected chi connectivity index (χ2v) is 4.60. The van der Waals surface area contributed by atoms with Crippen LogP contribution in [0.5, 0.6) is 0 Å². The van der Waals surface area contributed by atoms with Gasteiger partial charge in [-0.15, -0.1) is 0 Å². The minimum atomic E-state index is -0.745. The largest absolute Gasteiger partial charge is 0.321 e. The summed E-state index contributed by atoms with van der Waals surface area (Å²) in [4.78, 5) is 11.7. The van der Waals surface area contributed by atoms with Gasteiger partial charge in [-0.3, -0.25) is 4.79 Å². The number of anilines is 1. The average Bonchev–Trinajstić information content (AvgIpc) is 2.82. The molecule has 98 valence electrons. The maximum atomic E-state index is 13.7. The molecule has 1 aromatic carbocycles. The number of hydrogen-bond donors (Lipinski definition) is 2. The zero-order valence-electron chi connectivity index (χ0n) is 10.2. The number of carbonyl (C=O) groups is 1. The van der Waals surface area contributed by atoms with E-state index in [9.17, 15) is 13.6 Å². The molecule has 0 radical (unpaired) electrons. The molecule has 0 aromatic heterocycles. The van der Waals surface area contributed by atoms with E-state index < -0.39 is 11.6 Å². The summed E-state index contributed by atoms with van der Waals surface area (Å²) in [6.07, 6.45) is 2.20. The van der Waals surface area contributed by atoms with E-state index in [1.807, 2.05) is 0 Å². The van der Waals surface area contributed by atoms with Gasteiger partial charge in [-0.1, -0.05) is 6.07 Å². The van der Waals surface area contributed by atoms with Gasteiger partial charge in [-0.2, -0.15) is 0 Å². The molecule has 1 unspecified atom stereocenters. The molecule has 1 fully saturated rings. The molecule has 1 saturated heterocycles. The minimum absolute atomic E-state index is 0.112. The first-order chi connectivity index (χ1) is 8.58. The van der Waals surface area contributed by atoms with Gasteiger partial charge in [-0.05, 0) is 37.9 Å². The number of aryl methyl sites for hydroxylation is 1. The minimum Gasteiger partial charge on any atom is -0.321 e. The van der Waals surface area contributed by atoms with Crippen LogP contribution in [0.1, 0.15) is 24.8 Å². The third kappa shape index (κ3) is 2.85. The Morgan fingerprint density at radius 2 is 2.28 bits per heavy atom. The SMILES string of the molecule is Cc1ccc(F)c(NC(=O)CC2CCCN2)c1F. The van der Waals surface area contributed by atoms with Gasteiger partial charge in [-0.25, -0.2) is 8.78 Å². The highest BCUT2D eigenvalue weighted by Crippen LogP contribution is 2.22. The molecule has 1 heterocycles. The van der Waals surface area contributed by atoms with E-state index in [1.54, 1.807) is 0 Å². The fourth-order valence-corrected chi connectivity index (χ4v) is 2.12. The fraction of sp³-hybridized carbons (Fsp3) is 0.462. The van der Waals surface area contributed by atoms with Crippen LogP contribution in [-0.4, -0.2) is 18.5 Å². The second-order valence-electron chi connectivity index (χ2n) is 4.60. The molecule has 1 aromatic rings. The van der Waals surface area contributed by atoms with Gasteiger partial charge in [0.2, 0.25) is 5.91 Å². The highest BCUT2D eigenvalue weighted by Gasteiger charge is 2.20. The normalized spacial score (nSPS) is 18.9. The maximum Gasteiger partial charge on any atom is 0.226 e. The van der Waals surface area contributed by atoms with E-state index in [1.165, 1.54) is 13.0 Å². The Labute approximate surface area is 105 Å². The molecule has 0 bridgehead atoms. The molecule has 0 saturated carbocycles. The summed E-state index contributed by atoms with van der Waals surface area (Å²) < 4.78 is 27.1. The van der Waals surface area contributed by atoms with E-state index >= 15 is 0 Å². The summed E-state index contributed by atoms with van der Waals surface area (Å²) in [5, 5.41) is 5.48. The first kappa shape index (κ1) is 13.0. The lowest BCUT2D eigenvalue weighted by molar-refractivity contribution is -0.116. The first-order valence-electron chi connectivity index (χ1n) is 6.06. The van der Waals surface area contributed by atoms with Crippen molar-refractivity contribution in [2.45, 2.75) is 32.2 Å². The van der Waals surface area contributed by atoms with Crippen LogP contribution in [0.4, 0.5) is 14.5 Å². The van der Waals surface area contributed by atoms with Crippen LogP contribution < -0.4 is 10.6 Å². The van der Waals surface area contributed by atoms with Gasteiger partial charge in [0.15, 0.2) is 5.82 Å². The molecule has 0 spiro atoms. The summed E-state index contributed by atoms with van der Waals surface area (Å²) in [5.74, 6) is -1.81. The van der Waals surface area contributed by atoms with Crippen molar-refractivity contribution in [1.29, 1.82) is 0 Å². The van der Waals surface area contributed by atoms with Crippen molar-refractivity contribution >= 4 is 11.6 Å². The Bertz CT molecular complexity index is 457.